The molecule has 1 aliphatic heterocycles. The summed E-state index contributed by atoms with van der Waals surface area (Å²) >= 11 is 1.28. The molecule has 0 bridgehead atoms. The van der Waals surface area contributed by atoms with Gasteiger partial charge < -0.3 is 10.1 Å². The summed E-state index contributed by atoms with van der Waals surface area (Å²) in [6, 6.07) is 5.23. The SMILES string of the molecule is O=C(Nc1ncc(Cc2cccc(C(F)(F)F)c2)s1)C1CCOCC1. The van der Waals surface area contributed by atoms with Gasteiger partial charge in [0.2, 0.25) is 5.91 Å². The van der Waals surface area contributed by atoms with E-state index in [2.05, 4.69) is 10.3 Å². The van der Waals surface area contributed by atoms with Crippen molar-refractivity contribution in [3.05, 3.63) is 46.5 Å². The zero-order valence-corrected chi connectivity index (χ0v) is 14.1. The van der Waals surface area contributed by atoms with Crippen LogP contribution in [0.5, 0.6) is 0 Å². The lowest BCUT2D eigenvalue weighted by Crippen LogP contribution is -2.28. The second kappa shape index (κ2) is 7.53. The minimum atomic E-state index is -4.35. The highest BCUT2D eigenvalue weighted by molar-refractivity contribution is 7.15. The number of anilines is 1. The van der Waals surface area contributed by atoms with Crippen LogP contribution in [0.25, 0.3) is 0 Å². The molecule has 1 aromatic heterocycles. The van der Waals surface area contributed by atoms with E-state index in [0.717, 1.165) is 17.0 Å². The normalized spacial score (nSPS) is 16.0. The first-order valence-electron chi connectivity index (χ1n) is 7.91. The number of nitrogens with zero attached hydrogens (tertiary/aromatic N) is 1. The number of benzene rings is 1. The first-order chi connectivity index (χ1) is 11.9. The van der Waals surface area contributed by atoms with E-state index < -0.39 is 11.7 Å². The van der Waals surface area contributed by atoms with Gasteiger partial charge in [0.25, 0.3) is 0 Å². The van der Waals surface area contributed by atoms with Crippen LogP contribution < -0.4 is 5.32 Å². The molecule has 1 saturated heterocycles. The van der Waals surface area contributed by atoms with Gasteiger partial charge in [0.15, 0.2) is 5.13 Å². The number of halogens is 3. The van der Waals surface area contributed by atoms with Crippen molar-refractivity contribution in [1.29, 1.82) is 0 Å². The van der Waals surface area contributed by atoms with Gasteiger partial charge in [0, 0.05) is 36.6 Å². The lowest BCUT2D eigenvalue weighted by Gasteiger charge is -2.20. The third-order valence-electron chi connectivity index (χ3n) is 4.01. The first kappa shape index (κ1) is 17.9. The Hall–Kier alpha value is -1.93. The number of thiazole rings is 1. The number of aromatic nitrogens is 1. The average Bonchev–Trinajstić information content (AvgIpc) is 3.02. The molecule has 0 aliphatic carbocycles. The molecule has 0 saturated carbocycles. The summed E-state index contributed by atoms with van der Waals surface area (Å²) in [5, 5.41) is 3.26. The fourth-order valence-electron chi connectivity index (χ4n) is 2.67. The molecule has 1 aromatic carbocycles. The minimum absolute atomic E-state index is 0.0791. The summed E-state index contributed by atoms with van der Waals surface area (Å²) in [5.41, 5.74) is -0.108. The van der Waals surface area contributed by atoms with E-state index in [1.54, 1.807) is 12.3 Å². The van der Waals surface area contributed by atoms with Gasteiger partial charge in [0.1, 0.15) is 0 Å². The number of carbonyl (C=O) groups excluding carboxylic acids is 1. The summed E-state index contributed by atoms with van der Waals surface area (Å²) in [6.45, 7) is 1.16. The summed E-state index contributed by atoms with van der Waals surface area (Å²) < 4.78 is 43.5. The van der Waals surface area contributed by atoms with Gasteiger partial charge in [-0.25, -0.2) is 4.98 Å². The number of carbonyl (C=O) groups is 1. The summed E-state index contributed by atoms with van der Waals surface area (Å²) in [6.07, 6.45) is -1.05. The van der Waals surface area contributed by atoms with Crippen molar-refractivity contribution in [3.63, 3.8) is 0 Å². The predicted molar refractivity (Wildman–Crippen MR) is 88.5 cm³/mol. The zero-order valence-electron chi connectivity index (χ0n) is 13.3. The Morgan fingerprint density at radius 1 is 1.32 bits per heavy atom. The molecule has 2 aromatic rings. The van der Waals surface area contributed by atoms with Crippen molar-refractivity contribution in [3.8, 4) is 0 Å². The van der Waals surface area contributed by atoms with Crippen molar-refractivity contribution in [2.75, 3.05) is 18.5 Å². The Bertz CT molecular complexity index is 739. The van der Waals surface area contributed by atoms with E-state index in [4.69, 9.17) is 4.74 Å². The van der Waals surface area contributed by atoms with Gasteiger partial charge in [-0.1, -0.05) is 18.2 Å². The summed E-state index contributed by atoms with van der Waals surface area (Å²) in [7, 11) is 0. The molecule has 1 aliphatic rings. The maximum absolute atomic E-state index is 12.8. The molecular formula is C17H17F3N2O2S. The molecule has 134 valence electrons. The minimum Gasteiger partial charge on any atom is -0.381 e. The Labute approximate surface area is 147 Å². The van der Waals surface area contributed by atoms with E-state index in [-0.39, 0.29) is 11.8 Å². The van der Waals surface area contributed by atoms with Crippen molar-refractivity contribution in [1.82, 2.24) is 4.98 Å². The van der Waals surface area contributed by atoms with Crippen LogP contribution in [-0.2, 0) is 22.1 Å². The van der Waals surface area contributed by atoms with E-state index in [1.807, 2.05) is 0 Å². The zero-order chi connectivity index (χ0) is 17.9. The molecule has 25 heavy (non-hydrogen) atoms. The van der Waals surface area contributed by atoms with Gasteiger partial charge in [-0.05, 0) is 24.5 Å². The van der Waals surface area contributed by atoms with Crippen molar-refractivity contribution < 1.29 is 22.7 Å². The van der Waals surface area contributed by atoms with Gasteiger partial charge in [-0.3, -0.25) is 4.79 Å². The molecule has 0 atom stereocenters. The third-order valence-corrected chi connectivity index (χ3v) is 4.92. The number of ether oxygens (including phenoxy) is 1. The van der Waals surface area contributed by atoms with Crippen LogP contribution in [0.2, 0.25) is 0 Å². The number of amides is 1. The fraction of sp³-hybridized carbons (Fsp3) is 0.412. The number of hydrogen-bond donors (Lipinski definition) is 1. The van der Waals surface area contributed by atoms with Crippen LogP contribution in [0.3, 0.4) is 0 Å². The monoisotopic (exact) mass is 370 g/mol. The molecule has 0 unspecified atom stereocenters. The molecule has 8 heteroatoms. The van der Waals surface area contributed by atoms with Crippen molar-refractivity contribution in [2.24, 2.45) is 5.92 Å². The van der Waals surface area contributed by atoms with Gasteiger partial charge in [-0.15, -0.1) is 11.3 Å². The molecule has 1 amide bonds. The second-order valence-corrected chi connectivity index (χ2v) is 7.00. The lowest BCUT2D eigenvalue weighted by molar-refractivity contribution is -0.137. The Kier molecular flexibility index (Phi) is 5.39. The summed E-state index contributed by atoms with van der Waals surface area (Å²) in [4.78, 5) is 17.1. The molecule has 0 radical (unpaired) electrons. The standard InChI is InChI=1S/C17H17F3N2O2S/c18-17(19,20)13-3-1-2-11(8-13)9-14-10-21-16(25-14)22-15(23)12-4-6-24-7-5-12/h1-3,8,10,12H,4-7,9H2,(H,21,22,23). The van der Waals surface area contributed by atoms with Crippen LogP contribution in [0, 0.1) is 5.92 Å². The molecular weight excluding hydrogens is 353 g/mol. The van der Waals surface area contributed by atoms with Crippen LogP contribution in [0.15, 0.2) is 30.5 Å². The molecule has 1 N–H and O–H groups in total. The number of alkyl halides is 3. The second-order valence-electron chi connectivity index (χ2n) is 5.88. The van der Waals surface area contributed by atoms with E-state index in [9.17, 15) is 18.0 Å². The highest BCUT2D eigenvalue weighted by Crippen LogP contribution is 2.30. The van der Waals surface area contributed by atoms with E-state index in [1.165, 1.54) is 17.4 Å². The Morgan fingerprint density at radius 3 is 2.80 bits per heavy atom. The number of nitrogens with one attached hydrogen (secondary N) is 1. The quantitative estimate of drug-likeness (QED) is 0.881. The van der Waals surface area contributed by atoms with Gasteiger partial charge in [0.05, 0.1) is 5.56 Å². The Balaban J connectivity index is 1.63. The fourth-order valence-corrected chi connectivity index (χ4v) is 3.52. The molecule has 2 heterocycles. The lowest BCUT2D eigenvalue weighted by atomic mass is 10.00. The van der Waals surface area contributed by atoms with Crippen LogP contribution in [0.1, 0.15) is 28.8 Å². The third kappa shape index (κ3) is 4.79. The first-order valence-corrected chi connectivity index (χ1v) is 8.73. The largest absolute Gasteiger partial charge is 0.416 e. The van der Waals surface area contributed by atoms with Crippen molar-refractivity contribution >= 4 is 22.4 Å². The molecule has 0 spiro atoms. The van der Waals surface area contributed by atoms with Gasteiger partial charge in [-0.2, -0.15) is 13.2 Å². The average molecular weight is 370 g/mol. The predicted octanol–water partition coefficient (Wildman–Crippen LogP) is 4.12. The molecule has 1 fully saturated rings. The Morgan fingerprint density at radius 2 is 2.08 bits per heavy atom. The number of hydrogen-bond acceptors (Lipinski definition) is 4. The highest BCUT2D eigenvalue weighted by Gasteiger charge is 2.30. The van der Waals surface area contributed by atoms with Crippen molar-refractivity contribution in [2.45, 2.75) is 25.4 Å². The van der Waals surface area contributed by atoms with E-state index in [0.29, 0.717) is 43.2 Å². The highest BCUT2D eigenvalue weighted by atomic mass is 32.1. The van der Waals surface area contributed by atoms with Crippen LogP contribution in [0.4, 0.5) is 18.3 Å². The maximum atomic E-state index is 12.8. The van der Waals surface area contributed by atoms with E-state index >= 15 is 0 Å². The summed E-state index contributed by atoms with van der Waals surface area (Å²) in [5.74, 6) is -0.159. The maximum Gasteiger partial charge on any atom is 0.416 e. The van der Waals surface area contributed by atoms with Crippen LogP contribution in [-0.4, -0.2) is 24.1 Å². The topological polar surface area (TPSA) is 51.2 Å². The molecule has 3 rings (SSSR count). The smallest absolute Gasteiger partial charge is 0.381 e. The van der Waals surface area contributed by atoms with Gasteiger partial charge >= 0.3 is 6.18 Å². The number of rotatable bonds is 4. The van der Waals surface area contributed by atoms with Crippen LogP contribution >= 0.6 is 11.3 Å². The molecule has 4 nitrogen and oxygen atoms in total.